The summed E-state index contributed by atoms with van der Waals surface area (Å²) in [5.41, 5.74) is 3.50. The molecule has 0 spiro atoms. The van der Waals surface area contributed by atoms with Gasteiger partial charge in [0.1, 0.15) is 0 Å². The SMILES string of the molecule is COCc1c(Br)cccc1NCc1cccn1C. The van der Waals surface area contributed by atoms with Gasteiger partial charge < -0.3 is 14.6 Å². The lowest BCUT2D eigenvalue weighted by atomic mass is 10.2. The van der Waals surface area contributed by atoms with Gasteiger partial charge in [0.15, 0.2) is 0 Å². The minimum Gasteiger partial charge on any atom is -0.380 e. The Bertz CT molecular complexity index is 522. The summed E-state index contributed by atoms with van der Waals surface area (Å²) < 4.78 is 8.42. The van der Waals surface area contributed by atoms with Gasteiger partial charge in [-0.3, -0.25) is 0 Å². The summed E-state index contributed by atoms with van der Waals surface area (Å²) in [5.74, 6) is 0. The van der Waals surface area contributed by atoms with Crippen LogP contribution in [0, 0.1) is 0 Å². The predicted molar refractivity (Wildman–Crippen MR) is 77.6 cm³/mol. The van der Waals surface area contributed by atoms with Crippen LogP contribution in [0.5, 0.6) is 0 Å². The molecule has 1 heterocycles. The van der Waals surface area contributed by atoms with Gasteiger partial charge in [0.25, 0.3) is 0 Å². The summed E-state index contributed by atoms with van der Waals surface area (Å²) >= 11 is 3.56. The molecule has 0 fully saturated rings. The number of nitrogens with one attached hydrogen (secondary N) is 1. The second-order valence-corrected chi connectivity index (χ2v) is 5.02. The maximum Gasteiger partial charge on any atom is 0.0744 e. The van der Waals surface area contributed by atoms with Gasteiger partial charge in [0.05, 0.1) is 13.2 Å². The molecule has 0 aliphatic heterocycles. The highest BCUT2D eigenvalue weighted by Gasteiger charge is 2.06. The molecule has 96 valence electrons. The zero-order valence-electron chi connectivity index (χ0n) is 10.6. The second kappa shape index (κ2) is 6.07. The van der Waals surface area contributed by atoms with Crippen LogP contribution in [0.3, 0.4) is 0 Å². The van der Waals surface area contributed by atoms with Crippen molar-refractivity contribution in [3.05, 3.63) is 52.3 Å². The second-order valence-electron chi connectivity index (χ2n) is 4.16. The first-order valence-electron chi connectivity index (χ1n) is 5.82. The van der Waals surface area contributed by atoms with Crippen LogP contribution in [0.25, 0.3) is 0 Å². The summed E-state index contributed by atoms with van der Waals surface area (Å²) in [4.78, 5) is 0. The van der Waals surface area contributed by atoms with E-state index in [1.807, 2.05) is 31.4 Å². The zero-order chi connectivity index (χ0) is 13.0. The number of nitrogens with zero attached hydrogens (tertiary/aromatic N) is 1. The Hall–Kier alpha value is -1.26. The van der Waals surface area contributed by atoms with Crippen LogP contribution >= 0.6 is 15.9 Å². The van der Waals surface area contributed by atoms with Crippen LogP contribution in [-0.4, -0.2) is 11.7 Å². The van der Waals surface area contributed by atoms with Crippen LogP contribution < -0.4 is 5.32 Å². The number of anilines is 1. The monoisotopic (exact) mass is 308 g/mol. The largest absolute Gasteiger partial charge is 0.380 e. The molecular formula is C14H17BrN2O. The molecule has 4 heteroatoms. The van der Waals surface area contributed by atoms with Crippen molar-refractivity contribution in [2.24, 2.45) is 7.05 Å². The van der Waals surface area contributed by atoms with Crippen LogP contribution in [0.4, 0.5) is 5.69 Å². The number of ether oxygens (including phenoxy) is 1. The van der Waals surface area contributed by atoms with E-state index in [4.69, 9.17) is 4.74 Å². The number of hydrogen-bond donors (Lipinski definition) is 1. The number of aryl methyl sites for hydroxylation is 1. The van der Waals surface area contributed by atoms with E-state index < -0.39 is 0 Å². The van der Waals surface area contributed by atoms with Gasteiger partial charge in [-0.2, -0.15) is 0 Å². The van der Waals surface area contributed by atoms with Crippen LogP contribution in [0.15, 0.2) is 41.0 Å². The maximum atomic E-state index is 5.23. The number of benzene rings is 1. The van der Waals surface area contributed by atoms with E-state index in [2.05, 4.69) is 37.9 Å². The highest BCUT2D eigenvalue weighted by molar-refractivity contribution is 9.10. The maximum absolute atomic E-state index is 5.23. The Kier molecular flexibility index (Phi) is 4.44. The van der Waals surface area contributed by atoms with Crippen molar-refractivity contribution in [1.29, 1.82) is 0 Å². The van der Waals surface area contributed by atoms with Crippen LogP contribution in [0.1, 0.15) is 11.3 Å². The fourth-order valence-corrected chi connectivity index (χ4v) is 2.36. The fraction of sp³-hybridized carbons (Fsp3) is 0.286. The van der Waals surface area contributed by atoms with Crippen LogP contribution in [-0.2, 0) is 24.9 Å². The molecule has 1 aromatic carbocycles. The molecule has 1 aromatic heterocycles. The average Bonchev–Trinajstić information content (AvgIpc) is 2.76. The average molecular weight is 309 g/mol. The van der Waals surface area contributed by atoms with Gasteiger partial charge >= 0.3 is 0 Å². The third-order valence-corrected chi connectivity index (χ3v) is 3.66. The molecule has 0 aliphatic rings. The van der Waals surface area contributed by atoms with E-state index in [0.717, 1.165) is 22.3 Å². The van der Waals surface area contributed by atoms with Crippen molar-refractivity contribution in [3.8, 4) is 0 Å². The summed E-state index contributed by atoms with van der Waals surface area (Å²) in [6, 6.07) is 10.3. The van der Waals surface area contributed by atoms with Crippen LogP contribution in [0.2, 0.25) is 0 Å². The molecule has 0 aliphatic carbocycles. The smallest absolute Gasteiger partial charge is 0.0744 e. The van der Waals surface area contributed by atoms with Gasteiger partial charge in [-0.15, -0.1) is 0 Å². The van der Waals surface area contributed by atoms with E-state index in [0.29, 0.717) is 6.61 Å². The Morgan fingerprint density at radius 3 is 2.78 bits per heavy atom. The molecule has 0 saturated heterocycles. The van der Waals surface area contributed by atoms with Crippen molar-refractivity contribution in [3.63, 3.8) is 0 Å². The molecule has 2 rings (SSSR count). The number of aromatic nitrogens is 1. The first-order valence-corrected chi connectivity index (χ1v) is 6.62. The third kappa shape index (κ3) is 2.94. The molecule has 0 saturated carbocycles. The normalized spacial score (nSPS) is 10.6. The van der Waals surface area contributed by atoms with Gasteiger partial charge in [0.2, 0.25) is 0 Å². The summed E-state index contributed by atoms with van der Waals surface area (Å²) in [6.07, 6.45) is 2.05. The predicted octanol–water partition coefficient (Wildman–Crippen LogP) is 3.55. The summed E-state index contributed by atoms with van der Waals surface area (Å²) in [7, 11) is 3.76. The van der Waals surface area contributed by atoms with Crippen molar-refractivity contribution in [2.45, 2.75) is 13.2 Å². The van der Waals surface area contributed by atoms with E-state index >= 15 is 0 Å². The molecule has 0 atom stereocenters. The summed E-state index contributed by atoms with van der Waals surface area (Å²) in [5, 5.41) is 3.45. The molecule has 18 heavy (non-hydrogen) atoms. The molecule has 1 N–H and O–H groups in total. The van der Waals surface area contributed by atoms with E-state index in [1.165, 1.54) is 5.69 Å². The fourth-order valence-electron chi connectivity index (χ4n) is 1.88. The number of hydrogen-bond acceptors (Lipinski definition) is 2. The van der Waals surface area contributed by atoms with Gasteiger partial charge in [-0.05, 0) is 24.3 Å². The molecule has 0 amide bonds. The van der Waals surface area contributed by atoms with E-state index in [9.17, 15) is 0 Å². The molecule has 3 nitrogen and oxygen atoms in total. The van der Waals surface area contributed by atoms with Crippen molar-refractivity contribution >= 4 is 21.6 Å². The zero-order valence-corrected chi connectivity index (χ0v) is 12.2. The minimum atomic E-state index is 0.594. The number of halogens is 1. The van der Waals surface area contributed by atoms with Gasteiger partial charge in [-0.1, -0.05) is 22.0 Å². The minimum absolute atomic E-state index is 0.594. The number of rotatable bonds is 5. The molecule has 0 unspecified atom stereocenters. The topological polar surface area (TPSA) is 26.2 Å². The lowest BCUT2D eigenvalue weighted by molar-refractivity contribution is 0.185. The standard InChI is InChI=1S/C14H17BrN2O/c1-17-8-4-5-11(17)9-16-14-7-3-6-13(15)12(14)10-18-2/h3-8,16H,9-10H2,1-2H3. The molecule has 2 aromatic rings. The number of methoxy groups -OCH3 is 1. The lowest BCUT2D eigenvalue weighted by Crippen LogP contribution is -2.06. The molecule has 0 radical (unpaired) electrons. The Balaban J connectivity index is 2.14. The van der Waals surface area contributed by atoms with E-state index in [1.54, 1.807) is 7.11 Å². The first-order chi connectivity index (χ1) is 8.72. The van der Waals surface area contributed by atoms with Crippen molar-refractivity contribution < 1.29 is 4.74 Å². The Morgan fingerprint density at radius 1 is 1.28 bits per heavy atom. The van der Waals surface area contributed by atoms with Crippen molar-refractivity contribution in [2.75, 3.05) is 12.4 Å². The van der Waals surface area contributed by atoms with Crippen molar-refractivity contribution in [1.82, 2.24) is 4.57 Å². The summed E-state index contributed by atoms with van der Waals surface area (Å²) in [6.45, 7) is 1.40. The van der Waals surface area contributed by atoms with E-state index in [-0.39, 0.29) is 0 Å². The van der Waals surface area contributed by atoms with Gasteiger partial charge in [0, 0.05) is 41.8 Å². The quantitative estimate of drug-likeness (QED) is 0.914. The highest BCUT2D eigenvalue weighted by Crippen LogP contribution is 2.25. The Labute approximate surface area is 116 Å². The highest BCUT2D eigenvalue weighted by atomic mass is 79.9. The first kappa shape index (κ1) is 13.2. The lowest BCUT2D eigenvalue weighted by Gasteiger charge is -2.13. The molecular weight excluding hydrogens is 292 g/mol. The van der Waals surface area contributed by atoms with Gasteiger partial charge in [-0.25, -0.2) is 0 Å². The third-order valence-electron chi connectivity index (χ3n) is 2.92. The Morgan fingerprint density at radius 2 is 2.11 bits per heavy atom. The molecule has 0 bridgehead atoms.